The van der Waals surface area contributed by atoms with Crippen LogP contribution in [0.25, 0.3) is 0 Å². The molecule has 1 aliphatic heterocycles. The molecule has 3 aromatic carbocycles. The van der Waals surface area contributed by atoms with Crippen LogP contribution in [0.4, 0.5) is 11.4 Å². The first-order valence-electron chi connectivity index (χ1n) is 13.8. The SMILES string of the molecule is CC(C)[C@@H]1NC(=O)[C@H](Cc2ccccc2)NC(=O)Cc2cccc(c2)Nc2cccc(c2)CNC(=O)[C@H](C)NC1=O. The van der Waals surface area contributed by atoms with Gasteiger partial charge in [0.15, 0.2) is 0 Å². The molecule has 0 saturated heterocycles. The largest absolute Gasteiger partial charge is 0.356 e. The Labute approximate surface area is 240 Å². The Kier molecular flexibility index (Phi) is 9.73. The van der Waals surface area contributed by atoms with E-state index < -0.39 is 29.9 Å². The third-order valence-corrected chi connectivity index (χ3v) is 6.91. The van der Waals surface area contributed by atoms with Gasteiger partial charge in [0.25, 0.3) is 0 Å². The Bertz CT molecular complexity index is 1390. The van der Waals surface area contributed by atoms with Crippen molar-refractivity contribution in [3.8, 4) is 0 Å². The highest BCUT2D eigenvalue weighted by atomic mass is 16.2. The molecule has 0 saturated carbocycles. The lowest BCUT2D eigenvalue weighted by Gasteiger charge is -2.26. The standard InChI is InChI=1S/C32H37N5O4/c1-20(2)29-32(41)34-21(3)30(39)33-19-24-12-8-14-26(16-24)35-25-13-7-11-23(15-25)18-28(38)36-27(31(40)37-29)17-22-9-5-4-6-10-22/h4-16,20-21,27,29,35H,17-19H2,1-3H3,(H,33,39)(H,34,41)(H,36,38)(H,37,40)/t21-,27-,29-/m0/s1. The second-order valence-electron chi connectivity index (χ2n) is 10.7. The molecule has 0 fully saturated rings. The third kappa shape index (κ3) is 8.41. The van der Waals surface area contributed by atoms with Crippen LogP contribution < -0.4 is 26.6 Å². The van der Waals surface area contributed by atoms with E-state index in [-0.39, 0.29) is 37.1 Å². The molecule has 9 nitrogen and oxygen atoms in total. The van der Waals surface area contributed by atoms with Gasteiger partial charge < -0.3 is 26.6 Å². The minimum atomic E-state index is -0.908. The Balaban J connectivity index is 1.64. The van der Waals surface area contributed by atoms with Crippen LogP contribution >= 0.6 is 0 Å². The molecule has 0 spiro atoms. The molecular weight excluding hydrogens is 518 g/mol. The average Bonchev–Trinajstić information content (AvgIpc) is 2.94. The van der Waals surface area contributed by atoms with Gasteiger partial charge >= 0.3 is 0 Å². The summed E-state index contributed by atoms with van der Waals surface area (Å²) in [5, 5.41) is 14.6. The van der Waals surface area contributed by atoms with Crippen molar-refractivity contribution in [3.05, 3.63) is 95.6 Å². The Morgan fingerprint density at radius 3 is 2.07 bits per heavy atom. The highest BCUT2D eigenvalue weighted by molar-refractivity contribution is 5.94. The average molecular weight is 556 g/mol. The lowest BCUT2D eigenvalue weighted by molar-refractivity contribution is -0.134. The topological polar surface area (TPSA) is 128 Å². The van der Waals surface area contributed by atoms with Crippen LogP contribution in [0.15, 0.2) is 78.9 Å². The van der Waals surface area contributed by atoms with Crippen LogP contribution in [0, 0.1) is 5.92 Å². The summed E-state index contributed by atoms with van der Waals surface area (Å²) in [6, 6.07) is 21.9. The number of hydrogen-bond donors (Lipinski definition) is 5. The number of hydrogen-bond acceptors (Lipinski definition) is 5. The van der Waals surface area contributed by atoms with Crippen molar-refractivity contribution in [2.75, 3.05) is 5.32 Å². The summed E-state index contributed by atoms with van der Waals surface area (Å²) in [5.74, 6) is -1.87. The highest BCUT2D eigenvalue weighted by Crippen LogP contribution is 2.20. The van der Waals surface area contributed by atoms with Crippen molar-refractivity contribution in [1.29, 1.82) is 0 Å². The molecule has 4 amide bonds. The predicted octanol–water partition coefficient (Wildman–Crippen LogP) is 2.98. The van der Waals surface area contributed by atoms with E-state index in [0.717, 1.165) is 28.1 Å². The van der Waals surface area contributed by atoms with Gasteiger partial charge in [-0.25, -0.2) is 0 Å². The minimum Gasteiger partial charge on any atom is -0.356 e. The second kappa shape index (κ2) is 13.6. The Hall–Kier alpha value is -4.66. The molecule has 0 unspecified atom stereocenters. The lowest BCUT2D eigenvalue weighted by Crippen LogP contribution is -2.58. The Morgan fingerprint density at radius 2 is 1.39 bits per heavy atom. The van der Waals surface area contributed by atoms with E-state index in [4.69, 9.17) is 0 Å². The number of anilines is 2. The van der Waals surface area contributed by atoms with Crippen molar-refractivity contribution >= 4 is 35.0 Å². The van der Waals surface area contributed by atoms with Gasteiger partial charge in [-0.3, -0.25) is 19.2 Å². The minimum absolute atomic E-state index is 0.0752. The molecule has 214 valence electrons. The number of rotatable bonds is 3. The molecule has 0 aromatic heterocycles. The summed E-state index contributed by atoms with van der Waals surface area (Å²) in [7, 11) is 0. The number of carbonyl (C=O) groups is 4. The van der Waals surface area contributed by atoms with Gasteiger partial charge in [-0.05, 0) is 53.8 Å². The number of nitrogens with one attached hydrogen (secondary N) is 5. The molecular formula is C32H37N5O4. The summed E-state index contributed by atoms with van der Waals surface area (Å²) in [4.78, 5) is 52.7. The molecule has 41 heavy (non-hydrogen) atoms. The van der Waals surface area contributed by atoms with E-state index in [1.165, 1.54) is 0 Å². The van der Waals surface area contributed by atoms with Crippen LogP contribution in [0.3, 0.4) is 0 Å². The van der Waals surface area contributed by atoms with Crippen molar-refractivity contribution in [2.24, 2.45) is 5.92 Å². The molecule has 3 atom stereocenters. The first-order valence-corrected chi connectivity index (χ1v) is 13.8. The quantitative estimate of drug-likeness (QED) is 0.340. The second-order valence-corrected chi connectivity index (χ2v) is 10.7. The van der Waals surface area contributed by atoms with Crippen LogP contribution in [0.5, 0.6) is 0 Å². The van der Waals surface area contributed by atoms with Crippen LogP contribution in [0.2, 0.25) is 0 Å². The van der Waals surface area contributed by atoms with E-state index in [0.29, 0.717) is 0 Å². The fourth-order valence-electron chi connectivity index (χ4n) is 4.67. The summed E-state index contributed by atoms with van der Waals surface area (Å²) >= 11 is 0. The van der Waals surface area contributed by atoms with Gasteiger partial charge in [0.05, 0.1) is 6.42 Å². The maximum atomic E-state index is 13.5. The van der Waals surface area contributed by atoms with Crippen molar-refractivity contribution in [1.82, 2.24) is 21.3 Å². The van der Waals surface area contributed by atoms with Crippen LogP contribution in [-0.2, 0) is 38.6 Å². The molecule has 4 bridgehead atoms. The third-order valence-electron chi connectivity index (χ3n) is 6.91. The predicted molar refractivity (Wildman–Crippen MR) is 158 cm³/mol. The fourth-order valence-corrected chi connectivity index (χ4v) is 4.67. The van der Waals surface area contributed by atoms with Gasteiger partial charge in [0.2, 0.25) is 23.6 Å². The van der Waals surface area contributed by atoms with Crippen LogP contribution in [0.1, 0.15) is 37.5 Å². The zero-order valence-electron chi connectivity index (χ0n) is 23.6. The summed E-state index contributed by atoms with van der Waals surface area (Å²) in [6.07, 6.45) is 0.327. The Morgan fingerprint density at radius 1 is 0.732 bits per heavy atom. The summed E-state index contributed by atoms with van der Waals surface area (Å²) in [6.45, 7) is 5.50. The normalized spacial score (nSPS) is 20.6. The van der Waals surface area contributed by atoms with Gasteiger partial charge in [0, 0.05) is 24.3 Å². The molecule has 9 heteroatoms. The van der Waals surface area contributed by atoms with E-state index in [2.05, 4.69) is 26.6 Å². The zero-order chi connectivity index (χ0) is 29.4. The monoisotopic (exact) mass is 555 g/mol. The van der Waals surface area contributed by atoms with Crippen LogP contribution in [-0.4, -0.2) is 41.8 Å². The molecule has 0 aliphatic carbocycles. The first kappa shape index (κ1) is 29.3. The molecule has 1 heterocycles. The molecule has 1 aliphatic rings. The lowest BCUT2D eigenvalue weighted by atomic mass is 10.0. The highest BCUT2D eigenvalue weighted by Gasteiger charge is 2.30. The van der Waals surface area contributed by atoms with E-state index in [1.54, 1.807) is 6.92 Å². The molecule has 3 aromatic rings. The fraction of sp³-hybridized carbons (Fsp3) is 0.312. The maximum absolute atomic E-state index is 13.5. The van der Waals surface area contributed by atoms with Gasteiger partial charge in [-0.15, -0.1) is 0 Å². The van der Waals surface area contributed by atoms with E-state index in [9.17, 15) is 19.2 Å². The number of benzene rings is 3. The molecule has 5 N–H and O–H groups in total. The van der Waals surface area contributed by atoms with Crippen molar-refractivity contribution in [3.63, 3.8) is 0 Å². The molecule has 0 radical (unpaired) electrons. The molecule has 4 rings (SSSR count). The number of fused-ring (bicyclic) bond motifs is 4. The number of carbonyl (C=O) groups excluding carboxylic acids is 4. The number of amides is 4. The van der Waals surface area contributed by atoms with Gasteiger partial charge in [-0.1, -0.05) is 68.4 Å². The summed E-state index contributed by atoms with van der Waals surface area (Å²) < 4.78 is 0. The van der Waals surface area contributed by atoms with E-state index >= 15 is 0 Å². The zero-order valence-corrected chi connectivity index (χ0v) is 23.6. The van der Waals surface area contributed by atoms with Crippen molar-refractivity contribution < 1.29 is 19.2 Å². The van der Waals surface area contributed by atoms with Gasteiger partial charge in [-0.2, -0.15) is 0 Å². The first-order chi connectivity index (χ1) is 19.7. The maximum Gasteiger partial charge on any atom is 0.243 e. The van der Waals surface area contributed by atoms with Crippen molar-refractivity contribution in [2.45, 2.75) is 58.3 Å². The van der Waals surface area contributed by atoms with E-state index in [1.807, 2.05) is 92.7 Å². The smallest absolute Gasteiger partial charge is 0.243 e. The summed E-state index contributed by atoms with van der Waals surface area (Å²) in [5.41, 5.74) is 4.15. The van der Waals surface area contributed by atoms with Gasteiger partial charge in [0.1, 0.15) is 18.1 Å².